The lowest BCUT2D eigenvalue weighted by atomic mass is 9.80. The fourth-order valence-electron chi connectivity index (χ4n) is 4.58. The molecule has 1 fully saturated rings. The lowest BCUT2D eigenvalue weighted by Crippen LogP contribution is -2.20. The maximum Gasteiger partial charge on any atom is 0.330 e. The van der Waals surface area contributed by atoms with Crippen LogP contribution in [0.4, 0.5) is 0 Å². The Kier molecular flexibility index (Phi) is 14.6. The molecule has 0 atom stereocenters. The summed E-state index contributed by atoms with van der Waals surface area (Å²) in [6.45, 7) is 5.79. The molecular weight excluding hydrogens is 476 g/mol. The van der Waals surface area contributed by atoms with Crippen LogP contribution in [0.15, 0.2) is 28.7 Å². The van der Waals surface area contributed by atoms with E-state index in [9.17, 15) is 4.79 Å². The normalized spacial score (nSPS) is 18.5. The minimum Gasteiger partial charge on any atom is -0.492 e. The van der Waals surface area contributed by atoms with Crippen molar-refractivity contribution in [1.29, 1.82) is 0 Å². The largest absolute Gasteiger partial charge is 0.492 e. The van der Waals surface area contributed by atoms with Crippen LogP contribution in [0.2, 0.25) is 0 Å². The van der Waals surface area contributed by atoms with Gasteiger partial charge in [-0.3, -0.25) is 0 Å². The molecule has 0 aliphatic heterocycles. The molecule has 33 heavy (non-hydrogen) atoms. The van der Waals surface area contributed by atoms with Gasteiger partial charge in [0.05, 0.1) is 17.7 Å². The van der Waals surface area contributed by atoms with Gasteiger partial charge in [0.25, 0.3) is 0 Å². The van der Waals surface area contributed by atoms with Crippen LogP contribution < -0.4 is 4.74 Å². The second kappa shape index (κ2) is 17.2. The number of hydrogen-bond donors (Lipinski definition) is 0. The number of esters is 1. The van der Waals surface area contributed by atoms with E-state index in [1.54, 1.807) is 6.08 Å². The Labute approximate surface area is 210 Å². The van der Waals surface area contributed by atoms with Gasteiger partial charge in [-0.05, 0) is 70.8 Å². The first-order valence-corrected chi connectivity index (χ1v) is 14.2. The summed E-state index contributed by atoms with van der Waals surface area (Å²) >= 11 is 3.63. The highest BCUT2D eigenvalue weighted by atomic mass is 79.9. The molecule has 1 aliphatic carbocycles. The SMILES string of the molecule is CCCCCCCCOC(=O)/C=C/c1ccc(OCC2CCC(CCCCC)CC2)c(Br)c1. The van der Waals surface area contributed by atoms with Crippen LogP contribution in [0.1, 0.15) is 109 Å². The molecule has 2 rings (SSSR count). The van der Waals surface area contributed by atoms with E-state index >= 15 is 0 Å². The van der Waals surface area contributed by atoms with Gasteiger partial charge in [-0.15, -0.1) is 0 Å². The van der Waals surface area contributed by atoms with Gasteiger partial charge in [-0.2, -0.15) is 0 Å². The van der Waals surface area contributed by atoms with E-state index < -0.39 is 0 Å². The number of carbonyl (C=O) groups is 1. The molecule has 0 spiro atoms. The zero-order valence-electron chi connectivity index (χ0n) is 21.0. The monoisotopic (exact) mass is 520 g/mol. The highest BCUT2D eigenvalue weighted by Gasteiger charge is 2.21. The lowest BCUT2D eigenvalue weighted by molar-refractivity contribution is -0.137. The first kappa shape index (κ1) is 28.0. The molecule has 1 aliphatic rings. The molecular formula is C29H45BrO3. The van der Waals surface area contributed by atoms with Crippen molar-refractivity contribution < 1.29 is 14.3 Å². The molecule has 0 unspecified atom stereocenters. The third-order valence-corrected chi connectivity index (χ3v) is 7.39. The molecule has 186 valence electrons. The van der Waals surface area contributed by atoms with Gasteiger partial charge in [-0.1, -0.05) is 90.5 Å². The Morgan fingerprint density at radius 2 is 1.61 bits per heavy atom. The van der Waals surface area contributed by atoms with E-state index in [1.807, 2.05) is 18.2 Å². The van der Waals surface area contributed by atoms with Crippen LogP contribution in [0, 0.1) is 11.8 Å². The summed E-state index contributed by atoms with van der Waals surface area (Å²) in [7, 11) is 0. The van der Waals surface area contributed by atoms with Crippen LogP contribution in [-0.4, -0.2) is 19.2 Å². The van der Waals surface area contributed by atoms with Gasteiger partial charge < -0.3 is 9.47 Å². The Morgan fingerprint density at radius 3 is 2.33 bits per heavy atom. The fourth-order valence-corrected chi connectivity index (χ4v) is 5.09. The van der Waals surface area contributed by atoms with Crippen molar-refractivity contribution in [2.45, 2.75) is 104 Å². The first-order valence-electron chi connectivity index (χ1n) is 13.4. The molecule has 0 heterocycles. The van der Waals surface area contributed by atoms with Gasteiger partial charge in [-0.25, -0.2) is 4.79 Å². The van der Waals surface area contributed by atoms with Crippen LogP contribution in [0.25, 0.3) is 6.08 Å². The average Bonchev–Trinajstić information content (AvgIpc) is 2.82. The van der Waals surface area contributed by atoms with E-state index in [2.05, 4.69) is 29.8 Å². The second-order valence-electron chi connectivity index (χ2n) is 9.65. The zero-order valence-corrected chi connectivity index (χ0v) is 22.5. The highest BCUT2D eigenvalue weighted by Crippen LogP contribution is 2.33. The van der Waals surface area contributed by atoms with Gasteiger partial charge in [0.1, 0.15) is 5.75 Å². The summed E-state index contributed by atoms with van der Waals surface area (Å²) in [5.41, 5.74) is 0.957. The summed E-state index contributed by atoms with van der Waals surface area (Å²) in [5, 5.41) is 0. The van der Waals surface area contributed by atoms with Crippen molar-refractivity contribution >= 4 is 28.0 Å². The molecule has 0 radical (unpaired) electrons. The van der Waals surface area contributed by atoms with E-state index in [-0.39, 0.29) is 5.97 Å². The van der Waals surface area contributed by atoms with E-state index in [0.29, 0.717) is 12.5 Å². The molecule has 0 N–H and O–H groups in total. The summed E-state index contributed by atoms with van der Waals surface area (Å²) in [6.07, 6.45) is 21.2. The van der Waals surface area contributed by atoms with Crippen molar-refractivity contribution in [3.8, 4) is 5.75 Å². The minimum absolute atomic E-state index is 0.273. The standard InChI is InChI=1S/C29H45BrO3/c1-3-5-7-8-9-11-21-32-29(31)20-18-25-17-19-28(27(30)22-25)33-23-26-15-13-24(14-16-26)12-10-6-4-2/h17-20,22,24,26H,3-16,21,23H2,1-2H3/b20-18+. The number of benzene rings is 1. The molecule has 0 aromatic heterocycles. The van der Waals surface area contributed by atoms with Crippen molar-refractivity contribution in [2.75, 3.05) is 13.2 Å². The first-order chi connectivity index (χ1) is 16.1. The minimum atomic E-state index is -0.273. The molecule has 4 heteroatoms. The predicted molar refractivity (Wildman–Crippen MR) is 143 cm³/mol. The third kappa shape index (κ3) is 12.1. The van der Waals surface area contributed by atoms with Gasteiger partial charge in [0.2, 0.25) is 0 Å². The Balaban J connectivity index is 1.65. The number of ether oxygens (including phenoxy) is 2. The fraction of sp³-hybridized carbons (Fsp3) is 0.690. The van der Waals surface area contributed by atoms with Crippen molar-refractivity contribution in [1.82, 2.24) is 0 Å². The summed E-state index contributed by atoms with van der Waals surface area (Å²) in [6, 6.07) is 5.97. The van der Waals surface area contributed by atoms with Gasteiger partial charge >= 0.3 is 5.97 Å². The highest BCUT2D eigenvalue weighted by molar-refractivity contribution is 9.10. The van der Waals surface area contributed by atoms with E-state index in [0.717, 1.165) is 41.2 Å². The number of rotatable bonds is 16. The molecule has 3 nitrogen and oxygen atoms in total. The number of carbonyl (C=O) groups excluding carboxylic acids is 1. The summed E-state index contributed by atoms with van der Waals surface area (Å²) in [5.74, 6) is 2.21. The van der Waals surface area contributed by atoms with Gasteiger partial charge in [0, 0.05) is 6.08 Å². The average molecular weight is 522 g/mol. The van der Waals surface area contributed by atoms with Crippen LogP contribution in [0.5, 0.6) is 5.75 Å². The zero-order chi connectivity index (χ0) is 23.7. The van der Waals surface area contributed by atoms with Crippen molar-refractivity contribution in [2.24, 2.45) is 11.8 Å². The molecule has 1 saturated carbocycles. The van der Waals surface area contributed by atoms with E-state index in [1.165, 1.54) is 83.1 Å². The smallest absolute Gasteiger partial charge is 0.330 e. The predicted octanol–water partition coefficient (Wildman–Crippen LogP) is 9.13. The van der Waals surface area contributed by atoms with Crippen LogP contribution >= 0.6 is 15.9 Å². The summed E-state index contributed by atoms with van der Waals surface area (Å²) in [4.78, 5) is 11.9. The Morgan fingerprint density at radius 1 is 0.939 bits per heavy atom. The lowest BCUT2D eigenvalue weighted by Gasteiger charge is -2.28. The Bertz CT molecular complexity index is 692. The Hall–Kier alpha value is -1.29. The maximum absolute atomic E-state index is 11.9. The molecule has 0 saturated heterocycles. The van der Waals surface area contributed by atoms with Crippen molar-refractivity contribution in [3.05, 3.63) is 34.3 Å². The third-order valence-electron chi connectivity index (χ3n) is 6.77. The topological polar surface area (TPSA) is 35.5 Å². The molecule has 1 aromatic carbocycles. The molecule has 0 bridgehead atoms. The van der Waals surface area contributed by atoms with Gasteiger partial charge in [0.15, 0.2) is 0 Å². The second-order valence-corrected chi connectivity index (χ2v) is 10.5. The quantitative estimate of drug-likeness (QED) is 0.124. The number of unbranched alkanes of at least 4 members (excludes halogenated alkanes) is 7. The van der Waals surface area contributed by atoms with E-state index in [4.69, 9.17) is 9.47 Å². The van der Waals surface area contributed by atoms with Crippen molar-refractivity contribution in [3.63, 3.8) is 0 Å². The number of hydrogen-bond acceptors (Lipinski definition) is 3. The van der Waals surface area contributed by atoms with Crippen LogP contribution in [0.3, 0.4) is 0 Å². The number of halogens is 1. The maximum atomic E-state index is 11.9. The summed E-state index contributed by atoms with van der Waals surface area (Å²) < 4.78 is 12.4. The molecule has 1 aromatic rings. The van der Waals surface area contributed by atoms with Crippen LogP contribution in [-0.2, 0) is 9.53 Å². The molecule has 0 amide bonds.